The number of carbonyl (C=O) groups excluding carboxylic acids is 1. The predicted molar refractivity (Wildman–Crippen MR) is 90.3 cm³/mol. The summed E-state index contributed by atoms with van der Waals surface area (Å²) < 4.78 is 1.77. The maximum atomic E-state index is 11.2. The molecule has 0 unspecified atom stereocenters. The number of amides is 1. The molecule has 3 rings (SSSR count). The zero-order valence-electron chi connectivity index (χ0n) is 13.0. The third-order valence-corrected chi connectivity index (χ3v) is 3.54. The minimum atomic E-state index is -0.714. The van der Waals surface area contributed by atoms with Gasteiger partial charge < -0.3 is 11.1 Å². The number of pyridine rings is 1. The van der Waals surface area contributed by atoms with Crippen molar-refractivity contribution in [3.63, 3.8) is 0 Å². The van der Waals surface area contributed by atoms with Crippen LogP contribution in [0.1, 0.15) is 15.9 Å². The molecule has 3 N–H and O–H groups in total. The summed E-state index contributed by atoms with van der Waals surface area (Å²) in [5, 5.41) is 14.2. The zero-order valence-corrected chi connectivity index (χ0v) is 13.0. The van der Waals surface area contributed by atoms with Gasteiger partial charge in [-0.2, -0.15) is 0 Å². The van der Waals surface area contributed by atoms with E-state index in [9.17, 15) is 14.9 Å². The predicted octanol–water partition coefficient (Wildman–Crippen LogP) is 1.89. The Bertz CT molecular complexity index is 906. The second kappa shape index (κ2) is 6.79. The summed E-state index contributed by atoms with van der Waals surface area (Å²) >= 11 is 0. The lowest BCUT2D eigenvalue weighted by Gasteiger charge is -2.08. The number of nitro groups is 1. The van der Waals surface area contributed by atoms with Crippen molar-refractivity contribution < 1.29 is 9.72 Å². The van der Waals surface area contributed by atoms with Crippen LogP contribution in [-0.4, -0.2) is 25.4 Å². The van der Waals surface area contributed by atoms with Crippen LogP contribution in [0.3, 0.4) is 0 Å². The Labute approximate surface area is 142 Å². The maximum Gasteiger partial charge on any atom is 0.293 e. The van der Waals surface area contributed by atoms with E-state index < -0.39 is 10.8 Å². The number of rotatable bonds is 6. The molecule has 0 saturated carbocycles. The normalized spacial score (nSPS) is 10.4. The van der Waals surface area contributed by atoms with E-state index in [-0.39, 0.29) is 11.3 Å². The molecule has 0 radical (unpaired) electrons. The molecule has 126 valence electrons. The van der Waals surface area contributed by atoms with Crippen molar-refractivity contribution in [1.29, 1.82) is 0 Å². The number of imidazole rings is 1. The molecule has 2 heterocycles. The van der Waals surface area contributed by atoms with Gasteiger partial charge in [-0.3, -0.25) is 19.5 Å². The highest BCUT2D eigenvalue weighted by Crippen LogP contribution is 2.26. The van der Waals surface area contributed by atoms with E-state index in [4.69, 9.17) is 5.73 Å². The maximum absolute atomic E-state index is 11.2. The Kier molecular flexibility index (Phi) is 4.38. The number of hydrogen-bond acceptors (Lipinski definition) is 6. The molecule has 2 aromatic heterocycles. The Morgan fingerprint density at radius 3 is 2.76 bits per heavy atom. The first-order chi connectivity index (χ1) is 12.0. The van der Waals surface area contributed by atoms with Crippen molar-refractivity contribution in [3.8, 4) is 5.82 Å². The fourth-order valence-corrected chi connectivity index (χ4v) is 2.25. The average molecular weight is 338 g/mol. The van der Waals surface area contributed by atoms with Gasteiger partial charge in [0, 0.05) is 36.8 Å². The van der Waals surface area contributed by atoms with E-state index in [1.54, 1.807) is 29.5 Å². The van der Waals surface area contributed by atoms with Crippen LogP contribution in [0, 0.1) is 10.1 Å². The van der Waals surface area contributed by atoms with Gasteiger partial charge in [0.25, 0.3) is 5.69 Å². The summed E-state index contributed by atoms with van der Waals surface area (Å²) in [5.41, 5.74) is 6.18. The van der Waals surface area contributed by atoms with Crippen LogP contribution in [0.25, 0.3) is 5.82 Å². The van der Waals surface area contributed by atoms with Crippen LogP contribution in [-0.2, 0) is 6.54 Å². The summed E-state index contributed by atoms with van der Waals surface area (Å²) in [5.74, 6) is 0.00647. The van der Waals surface area contributed by atoms with Gasteiger partial charge in [0.15, 0.2) is 0 Å². The Morgan fingerprint density at radius 2 is 2.16 bits per heavy atom. The standard InChI is InChI=1S/C16H14N6O3/c17-16(23)12-2-3-13(14(7-12)22(24)25)19-8-11-1-4-15(20-9-11)21-6-5-18-10-21/h1-7,9-10,19H,8H2,(H2,17,23). The van der Waals surface area contributed by atoms with E-state index in [0.717, 1.165) is 17.4 Å². The number of anilines is 1. The van der Waals surface area contributed by atoms with Gasteiger partial charge in [0.2, 0.25) is 5.91 Å². The number of nitro benzene ring substituents is 1. The van der Waals surface area contributed by atoms with Crippen LogP contribution in [0.4, 0.5) is 11.4 Å². The average Bonchev–Trinajstić information content (AvgIpc) is 3.14. The number of nitrogens with zero attached hydrogens (tertiary/aromatic N) is 4. The lowest BCUT2D eigenvalue weighted by atomic mass is 10.1. The van der Waals surface area contributed by atoms with Gasteiger partial charge in [0.05, 0.1) is 4.92 Å². The fourth-order valence-electron chi connectivity index (χ4n) is 2.25. The molecule has 1 amide bonds. The van der Waals surface area contributed by atoms with Crippen LogP contribution in [0.15, 0.2) is 55.2 Å². The second-order valence-corrected chi connectivity index (χ2v) is 5.20. The van der Waals surface area contributed by atoms with Crippen molar-refractivity contribution in [1.82, 2.24) is 14.5 Å². The van der Waals surface area contributed by atoms with Gasteiger partial charge in [0.1, 0.15) is 17.8 Å². The number of nitrogens with one attached hydrogen (secondary N) is 1. The van der Waals surface area contributed by atoms with Crippen molar-refractivity contribution in [2.45, 2.75) is 6.54 Å². The second-order valence-electron chi connectivity index (χ2n) is 5.20. The molecule has 0 atom stereocenters. The van der Waals surface area contributed by atoms with Gasteiger partial charge in [-0.15, -0.1) is 0 Å². The topological polar surface area (TPSA) is 129 Å². The monoisotopic (exact) mass is 338 g/mol. The Balaban J connectivity index is 1.75. The SMILES string of the molecule is NC(=O)c1ccc(NCc2ccc(-n3ccnc3)nc2)c([N+](=O)[O-])c1. The molecule has 0 fully saturated rings. The quantitative estimate of drug-likeness (QED) is 0.521. The summed E-state index contributed by atoms with van der Waals surface area (Å²) in [6, 6.07) is 7.75. The highest BCUT2D eigenvalue weighted by atomic mass is 16.6. The minimum absolute atomic E-state index is 0.0867. The number of carbonyl (C=O) groups is 1. The van der Waals surface area contributed by atoms with E-state index in [1.165, 1.54) is 12.1 Å². The van der Waals surface area contributed by atoms with Crippen molar-refractivity contribution >= 4 is 17.3 Å². The summed E-state index contributed by atoms with van der Waals surface area (Å²) in [6.45, 7) is 0.341. The molecule has 9 heteroatoms. The van der Waals surface area contributed by atoms with Crippen LogP contribution in [0.5, 0.6) is 0 Å². The molecule has 0 aliphatic heterocycles. The third kappa shape index (κ3) is 3.61. The number of primary amides is 1. The Morgan fingerprint density at radius 1 is 1.32 bits per heavy atom. The largest absolute Gasteiger partial charge is 0.375 e. The third-order valence-electron chi connectivity index (χ3n) is 3.54. The van der Waals surface area contributed by atoms with E-state index in [1.807, 2.05) is 12.1 Å². The molecule has 25 heavy (non-hydrogen) atoms. The van der Waals surface area contributed by atoms with E-state index in [0.29, 0.717) is 12.2 Å². The van der Waals surface area contributed by atoms with Crippen molar-refractivity contribution in [3.05, 3.63) is 76.5 Å². The lowest BCUT2D eigenvalue weighted by Crippen LogP contribution is -2.12. The highest BCUT2D eigenvalue weighted by Gasteiger charge is 2.16. The van der Waals surface area contributed by atoms with E-state index >= 15 is 0 Å². The number of nitrogens with two attached hydrogens (primary N) is 1. The molecule has 0 bridgehead atoms. The van der Waals surface area contributed by atoms with Gasteiger partial charge >= 0.3 is 0 Å². The fraction of sp³-hybridized carbons (Fsp3) is 0.0625. The van der Waals surface area contributed by atoms with Crippen LogP contribution in [0.2, 0.25) is 0 Å². The molecular weight excluding hydrogens is 324 g/mol. The number of hydrogen-bond donors (Lipinski definition) is 2. The first-order valence-corrected chi connectivity index (χ1v) is 7.30. The smallest absolute Gasteiger partial charge is 0.293 e. The Hall–Kier alpha value is -3.75. The van der Waals surface area contributed by atoms with E-state index in [2.05, 4.69) is 15.3 Å². The molecule has 9 nitrogen and oxygen atoms in total. The number of aromatic nitrogens is 3. The molecule has 0 spiro atoms. The summed E-state index contributed by atoms with van der Waals surface area (Å²) in [4.78, 5) is 30.0. The van der Waals surface area contributed by atoms with Gasteiger partial charge in [-0.1, -0.05) is 6.07 Å². The van der Waals surface area contributed by atoms with Crippen molar-refractivity contribution in [2.75, 3.05) is 5.32 Å². The van der Waals surface area contributed by atoms with Gasteiger partial charge in [-0.25, -0.2) is 9.97 Å². The first-order valence-electron chi connectivity index (χ1n) is 7.30. The summed E-state index contributed by atoms with van der Waals surface area (Å²) in [7, 11) is 0. The van der Waals surface area contributed by atoms with Gasteiger partial charge in [-0.05, 0) is 23.8 Å². The molecule has 3 aromatic rings. The highest BCUT2D eigenvalue weighted by molar-refractivity contribution is 5.94. The van der Waals surface area contributed by atoms with Crippen LogP contribution < -0.4 is 11.1 Å². The minimum Gasteiger partial charge on any atom is -0.375 e. The number of benzene rings is 1. The lowest BCUT2D eigenvalue weighted by molar-refractivity contribution is -0.384. The molecule has 0 saturated heterocycles. The summed E-state index contributed by atoms with van der Waals surface area (Å²) in [6.07, 6.45) is 6.76. The van der Waals surface area contributed by atoms with Crippen LogP contribution >= 0.6 is 0 Å². The zero-order chi connectivity index (χ0) is 17.8. The molecule has 0 aliphatic rings. The molecule has 1 aromatic carbocycles. The van der Waals surface area contributed by atoms with Crippen molar-refractivity contribution in [2.24, 2.45) is 5.73 Å². The molecule has 0 aliphatic carbocycles. The molecular formula is C16H14N6O3. The first kappa shape index (κ1) is 16.1.